The molecule has 0 aromatic heterocycles. The van der Waals surface area contributed by atoms with E-state index in [-0.39, 0.29) is 12.2 Å². The zero-order valence-corrected chi connectivity index (χ0v) is 22.6. The molecular weight excluding hydrogens is 646 g/mol. The molecule has 0 amide bonds. The minimum Gasteiger partial charge on any atom is -0.378 e. The Morgan fingerprint density at radius 1 is 0.844 bits per heavy atom. The van der Waals surface area contributed by atoms with E-state index in [0.29, 0.717) is 46.2 Å². The monoisotopic (exact) mass is 678 g/mol. The summed E-state index contributed by atoms with van der Waals surface area (Å²) in [5.41, 5.74) is 0.952. The molecule has 2 fully saturated rings. The molecule has 0 spiro atoms. The maximum Gasteiger partial charge on any atom is 0.186 e. The lowest BCUT2D eigenvalue weighted by Crippen LogP contribution is -2.63. The second-order valence-corrected chi connectivity index (χ2v) is 9.39. The molecule has 0 bridgehead atoms. The van der Waals surface area contributed by atoms with Gasteiger partial charge in [0.2, 0.25) is 0 Å². The Kier molecular flexibility index (Phi) is 13.0. The lowest BCUT2D eigenvalue weighted by atomic mass is 9.97. The van der Waals surface area contributed by atoms with Crippen molar-refractivity contribution in [2.75, 3.05) is 62.2 Å². The van der Waals surface area contributed by atoms with Crippen molar-refractivity contribution in [3.63, 3.8) is 0 Å². The van der Waals surface area contributed by atoms with Gasteiger partial charge in [-0.05, 0) is 0 Å². The third-order valence-electron chi connectivity index (χ3n) is 5.11. The number of rotatable bonds is 14. The maximum atomic E-state index is 6.35. The van der Waals surface area contributed by atoms with Crippen LogP contribution < -0.4 is 0 Å². The molecule has 2 aliphatic heterocycles. The first-order chi connectivity index (χ1) is 15.8. The van der Waals surface area contributed by atoms with Gasteiger partial charge in [-0.15, -0.1) is 0 Å². The highest BCUT2D eigenvalue weighted by atomic mass is 127. The van der Waals surface area contributed by atoms with Gasteiger partial charge in [0.25, 0.3) is 0 Å². The summed E-state index contributed by atoms with van der Waals surface area (Å²) in [5, 5.41) is 0. The Balaban J connectivity index is 1.69. The minimum absolute atomic E-state index is 0.324. The third kappa shape index (κ3) is 7.95. The number of ether oxygens (including phenoxy) is 8. The number of methoxy groups -OCH3 is 1. The Morgan fingerprint density at radius 3 is 2.12 bits per heavy atom. The number of fused-ring (bicyclic) bond motifs is 1. The summed E-state index contributed by atoms with van der Waals surface area (Å²) < 4.78 is 49.5. The van der Waals surface area contributed by atoms with Crippen LogP contribution >= 0.6 is 45.2 Å². The summed E-state index contributed by atoms with van der Waals surface area (Å²) in [6, 6.07) is 9.87. The van der Waals surface area contributed by atoms with Crippen molar-refractivity contribution < 1.29 is 37.9 Å². The van der Waals surface area contributed by atoms with E-state index in [0.717, 1.165) is 14.4 Å². The topological polar surface area (TPSA) is 73.8 Å². The molecule has 1 unspecified atom stereocenters. The number of halogens is 2. The highest BCUT2D eigenvalue weighted by molar-refractivity contribution is 14.1. The Morgan fingerprint density at radius 2 is 1.50 bits per heavy atom. The van der Waals surface area contributed by atoms with Crippen LogP contribution in [0.1, 0.15) is 11.9 Å². The van der Waals surface area contributed by atoms with E-state index in [1.54, 1.807) is 7.11 Å². The molecule has 2 aliphatic rings. The largest absolute Gasteiger partial charge is 0.378 e. The fraction of sp³-hybridized carbons (Fsp3) is 0.727. The van der Waals surface area contributed by atoms with Crippen LogP contribution in [0.15, 0.2) is 30.3 Å². The highest BCUT2D eigenvalue weighted by Crippen LogP contribution is 2.36. The van der Waals surface area contributed by atoms with E-state index in [4.69, 9.17) is 37.9 Å². The molecule has 2 saturated heterocycles. The van der Waals surface area contributed by atoms with Gasteiger partial charge >= 0.3 is 0 Å². The van der Waals surface area contributed by atoms with E-state index < -0.39 is 24.8 Å². The van der Waals surface area contributed by atoms with Gasteiger partial charge in [0.05, 0.1) is 46.2 Å². The van der Waals surface area contributed by atoms with Crippen LogP contribution in [0.4, 0.5) is 0 Å². The highest BCUT2D eigenvalue weighted by Gasteiger charge is 2.51. The summed E-state index contributed by atoms with van der Waals surface area (Å²) in [7, 11) is 1.60. The Labute approximate surface area is 217 Å². The molecule has 0 radical (unpaired) electrons. The van der Waals surface area contributed by atoms with Crippen molar-refractivity contribution >= 4 is 45.2 Å². The molecular formula is C22H32I2O8. The normalized spacial score (nSPS) is 30.2. The molecule has 6 atom stereocenters. The minimum atomic E-state index is -0.596. The van der Waals surface area contributed by atoms with Crippen LogP contribution in [0.3, 0.4) is 0 Å². The van der Waals surface area contributed by atoms with E-state index in [2.05, 4.69) is 45.2 Å². The lowest BCUT2D eigenvalue weighted by Gasteiger charge is -2.48. The second kappa shape index (κ2) is 15.4. The Hall–Kier alpha value is 0.360. The van der Waals surface area contributed by atoms with Gasteiger partial charge in [-0.2, -0.15) is 0 Å². The van der Waals surface area contributed by atoms with Gasteiger partial charge in [0.1, 0.15) is 24.4 Å². The summed E-state index contributed by atoms with van der Waals surface area (Å²) in [6.07, 6.45) is -2.65. The first-order valence-corrected chi connectivity index (χ1v) is 13.8. The van der Waals surface area contributed by atoms with Crippen LogP contribution in [0.5, 0.6) is 0 Å². The lowest BCUT2D eigenvalue weighted by molar-refractivity contribution is -0.368. The average molecular weight is 678 g/mol. The first-order valence-electron chi connectivity index (χ1n) is 10.8. The number of benzene rings is 1. The Bertz CT molecular complexity index is 625. The van der Waals surface area contributed by atoms with Crippen molar-refractivity contribution in [3.8, 4) is 0 Å². The van der Waals surface area contributed by atoms with Crippen LogP contribution in [0, 0.1) is 0 Å². The fourth-order valence-corrected chi connectivity index (χ4v) is 4.30. The van der Waals surface area contributed by atoms with Crippen molar-refractivity contribution in [3.05, 3.63) is 35.9 Å². The molecule has 10 heteroatoms. The van der Waals surface area contributed by atoms with Gasteiger partial charge < -0.3 is 37.9 Å². The smallest absolute Gasteiger partial charge is 0.186 e. The number of alkyl halides is 2. The van der Waals surface area contributed by atoms with Crippen molar-refractivity contribution in [1.82, 2.24) is 0 Å². The van der Waals surface area contributed by atoms with Crippen LogP contribution in [-0.4, -0.2) is 92.9 Å². The molecule has 1 aromatic rings. The quantitative estimate of drug-likeness (QED) is 0.169. The van der Waals surface area contributed by atoms with E-state index >= 15 is 0 Å². The number of hydrogen-bond acceptors (Lipinski definition) is 8. The standard InChI is InChI=1S/C22H32I2O8/c1-25-22-20(29-14-12-27-10-8-24)19(28-13-11-26-9-7-23)18-17(31-22)15-30-21(32-18)16-5-3-2-4-6-16/h2-6,17-22H,7-15H2,1H3/t17-,18+,19+,20-,21?,22+/m1/s1. The second-order valence-electron chi connectivity index (χ2n) is 7.23. The third-order valence-corrected chi connectivity index (χ3v) is 5.99. The van der Waals surface area contributed by atoms with Crippen LogP contribution in [0.25, 0.3) is 0 Å². The summed E-state index contributed by atoms with van der Waals surface area (Å²) >= 11 is 4.56. The van der Waals surface area contributed by atoms with E-state index in [9.17, 15) is 0 Å². The molecule has 2 heterocycles. The molecule has 0 saturated carbocycles. The van der Waals surface area contributed by atoms with Gasteiger partial charge in [0.15, 0.2) is 12.6 Å². The SMILES string of the molecule is CO[C@H]1O[C@@H]2COC(c3ccccc3)O[C@@H]2[C@H](OCCOCCI)[C@H]1OCCOCCI. The summed E-state index contributed by atoms with van der Waals surface area (Å²) in [4.78, 5) is 0. The molecule has 0 N–H and O–H groups in total. The van der Waals surface area contributed by atoms with E-state index in [1.165, 1.54) is 0 Å². The summed E-state index contributed by atoms with van der Waals surface area (Å²) in [6.45, 7) is 3.58. The fourth-order valence-electron chi connectivity index (χ4n) is 3.68. The molecule has 32 heavy (non-hydrogen) atoms. The molecule has 8 nitrogen and oxygen atoms in total. The van der Waals surface area contributed by atoms with Crippen molar-refractivity contribution in [2.45, 2.75) is 37.0 Å². The maximum absolute atomic E-state index is 6.35. The van der Waals surface area contributed by atoms with Gasteiger partial charge in [-0.3, -0.25) is 0 Å². The predicted molar refractivity (Wildman–Crippen MR) is 135 cm³/mol. The zero-order chi connectivity index (χ0) is 22.6. The van der Waals surface area contributed by atoms with Crippen molar-refractivity contribution in [2.24, 2.45) is 0 Å². The number of hydrogen-bond donors (Lipinski definition) is 0. The molecule has 0 aliphatic carbocycles. The molecule has 1 aromatic carbocycles. The van der Waals surface area contributed by atoms with Gasteiger partial charge in [-0.25, -0.2) is 0 Å². The van der Waals surface area contributed by atoms with Crippen LogP contribution in [-0.2, 0) is 37.9 Å². The molecule has 182 valence electrons. The van der Waals surface area contributed by atoms with Crippen molar-refractivity contribution in [1.29, 1.82) is 0 Å². The average Bonchev–Trinajstić information content (AvgIpc) is 2.84. The van der Waals surface area contributed by atoms with Crippen LogP contribution in [0.2, 0.25) is 0 Å². The van der Waals surface area contributed by atoms with Gasteiger partial charge in [-0.1, -0.05) is 75.5 Å². The van der Waals surface area contributed by atoms with Gasteiger partial charge in [0, 0.05) is 21.5 Å². The first kappa shape index (κ1) is 27.0. The predicted octanol–water partition coefficient (Wildman–Crippen LogP) is 3.15. The molecule has 3 rings (SSSR count). The van der Waals surface area contributed by atoms with E-state index in [1.807, 2.05) is 30.3 Å². The summed E-state index contributed by atoms with van der Waals surface area (Å²) in [5.74, 6) is 0. The zero-order valence-electron chi connectivity index (χ0n) is 18.2.